The number of pyridine rings is 2. The van der Waals surface area contributed by atoms with Gasteiger partial charge in [0.1, 0.15) is 34.5 Å². The van der Waals surface area contributed by atoms with Crippen molar-refractivity contribution < 1.29 is 49.5 Å². The second-order valence-electron chi connectivity index (χ2n) is 11.5. The molecule has 6 rings (SSSR count). The lowest BCUT2D eigenvalue weighted by Crippen LogP contribution is -2.36. The van der Waals surface area contributed by atoms with Crippen molar-refractivity contribution in [2.75, 3.05) is 0 Å². The highest BCUT2D eigenvalue weighted by Gasteiger charge is 2.60. The van der Waals surface area contributed by atoms with E-state index in [4.69, 9.17) is 18.2 Å². The summed E-state index contributed by atoms with van der Waals surface area (Å²) in [7, 11) is -4.22. The predicted molar refractivity (Wildman–Crippen MR) is 172 cm³/mol. The number of imidazole rings is 1. The van der Waals surface area contributed by atoms with Crippen LogP contribution in [0, 0.1) is 0 Å². The Labute approximate surface area is 286 Å². The molecule has 12 nitrogen and oxygen atoms in total. The van der Waals surface area contributed by atoms with Crippen LogP contribution >= 0.6 is 7.75 Å². The van der Waals surface area contributed by atoms with Gasteiger partial charge in [0.15, 0.2) is 0 Å². The van der Waals surface area contributed by atoms with Gasteiger partial charge in [-0.05, 0) is 67.8 Å². The van der Waals surface area contributed by atoms with Gasteiger partial charge in [-0.3, -0.25) is 13.7 Å². The van der Waals surface area contributed by atoms with Crippen molar-refractivity contribution >= 4 is 30.4 Å². The van der Waals surface area contributed by atoms with Gasteiger partial charge in [-0.25, -0.2) is 14.5 Å². The molecule has 0 aliphatic heterocycles. The predicted octanol–water partition coefficient (Wildman–Crippen LogP) is 7.89. The number of halogens is 5. The van der Waals surface area contributed by atoms with Gasteiger partial charge < -0.3 is 13.7 Å². The molecule has 0 fully saturated rings. The number of esters is 1. The van der Waals surface area contributed by atoms with Crippen LogP contribution in [-0.2, 0) is 31.1 Å². The quantitative estimate of drug-likeness (QED) is 0.0746. The van der Waals surface area contributed by atoms with Gasteiger partial charge in [-0.15, -0.1) is 10.2 Å². The fraction of sp³-hybridized carbons (Fsp3) is 0.242. The molecule has 2 aromatic carbocycles. The number of carbonyl (C=O) groups excluding carboxylic acids is 1. The fourth-order valence-electron chi connectivity index (χ4n) is 4.94. The molecule has 0 aliphatic rings. The van der Waals surface area contributed by atoms with Gasteiger partial charge in [0.2, 0.25) is 6.39 Å². The van der Waals surface area contributed by atoms with Gasteiger partial charge in [-0.2, -0.15) is 27.0 Å². The molecule has 0 amide bonds. The standard InChI is InChI=1S/C33H28F5N6O6P/c1-19(2)49-31(45)20(3)43-51(46,50-23-7-5-4-6-8-23)48-17-21-9-11-22(12-10-21)25-15-27(32(34,35)33(36,37)38)41-29-24(25)13-14-28-40-26(16-44(28)29)30-42-39-18-47-30/h4-16,18-20H,17H2,1-3H3,(H,43,46)/t20?,51-/m1/s1. The highest BCUT2D eigenvalue weighted by Crippen LogP contribution is 2.47. The minimum atomic E-state index is -5.93. The van der Waals surface area contributed by atoms with E-state index >= 15 is 0 Å². The summed E-state index contributed by atoms with van der Waals surface area (Å²) < 4.78 is 107. The van der Waals surface area contributed by atoms with E-state index in [1.54, 1.807) is 44.2 Å². The van der Waals surface area contributed by atoms with Crippen molar-refractivity contribution in [2.24, 2.45) is 0 Å². The monoisotopic (exact) mass is 730 g/mol. The zero-order valence-corrected chi connectivity index (χ0v) is 27.9. The lowest BCUT2D eigenvalue weighted by atomic mass is 9.99. The molecule has 0 saturated heterocycles. The number of nitrogens with one attached hydrogen (secondary N) is 1. The molecule has 1 N–H and O–H groups in total. The van der Waals surface area contributed by atoms with E-state index in [0.717, 1.165) is 6.39 Å². The lowest BCUT2D eigenvalue weighted by molar-refractivity contribution is -0.290. The van der Waals surface area contributed by atoms with Crippen LogP contribution in [0.4, 0.5) is 22.0 Å². The van der Waals surface area contributed by atoms with Crippen LogP contribution in [0.1, 0.15) is 32.0 Å². The van der Waals surface area contributed by atoms with Crippen molar-refractivity contribution in [1.82, 2.24) is 29.7 Å². The van der Waals surface area contributed by atoms with Crippen LogP contribution in [0.25, 0.3) is 39.4 Å². The summed E-state index contributed by atoms with van der Waals surface area (Å²) in [5.74, 6) is -5.79. The molecule has 0 radical (unpaired) electrons. The summed E-state index contributed by atoms with van der Waals surface area (Å²) in [6.07, 6.45) is -3.97. The van der Waals surface area contributed by atoms with Crippen molar-refractivity contribution in [3.05, 3.63) is 96.6 Å². The van der Waals surface area contributed by atoms with Crippen molar-refractivity contribution in [3.63, 3.8) is 0 Å². The maximum Gasteiger partial charge on any atom is 0.459 e. The van der Waals surface area contributed by atoms with E-state index in [1.165, 1.54) is 53.9 Å². The number of alkyl halides is 5. The Balaban J connectivity index is 1.34. The molecular formula is C33H28F5N6O6P. The van der Waals surface area contributed by atoms with E-state index in [2.05, 4.69) is 25.3 Å². The number of carbonyl (C=O) groups is 1. The summed E-state index contributed by atoms with van der Waals surface area (Å²) in [4.78, 5) is 20.5. The van der Waals surface area contributed by atoms with Crippen molar-refractivity contribution in [1.29, 1.82) is 0 Å². The fourth-order valence-corrected chi connectivity index (χ4v) is 6.41. The number of fused-ring (bicyclic) bond motifs is 3. The molecule has 2 atom stereocenters. The highest BCUT2D eigenvalue weighted by molar-refractivity contribution is 7.52. The molecular weight excluding hydrogens is 702 g/mol. The van der Waals surface area contributed by atoms with E-state index in [0.29, 0.717) is 11.6 Å². The summed E-state index contributed by atoms with van der Waals surface area (Å²) in [5, 5.41) is 10.2. The first kappa shape index (κ1) is 35.6. The van der Waals surface area contributed by atoms with Gasteiger partial charge in [0, 0.05) is 11.6 Å². The second-order valence-corrected chi connectivity index (χ2v) is 13.2. The maximum atomic E-state index is 14.8. The largest absolute Gasteiger partial charge is 0.462 e. The van der Waals surface area contributed by atoms with Crippen LogP contribution in [0.15, 0.2) is 89.8 Å². The van der Waals surface area contributed by atoms with Crippen molar-refractivity contribution in [3.8, 4) is 28.5 Å². The molecule has 4 aromatic heterocycles. The Kier molecular flexibility index (Phi) is 9.63. The van der Waals surface area contributed by atoms with Crippen LogP contribution in [0.5, 0.6) is 5.75 Å². The Hall–Kier alpha value is -5.25. The number of ether oxygens (including phenoxy) is 1. The smallest absolute Gasteiger partial charge is 0.459 e. The number of aromatic nitrogens is 5. The van der Waals surface area contributed by atoms with Crippen LogP contribution in [0.2, 0.25) is 0 Å². The molecule has 6 aromatic rings. The van der Waals surface area contributed by atoms with E-state index in [9.17, 15) is 31.3 Å². The zero-order valence-electron chi connectivity index (χ0n) is 27.0. The number of benzene rings is 2. The summed E-state index contributed by atoms with van der Waals surface area (Å²) in [6.45, 7) is 4.44. The first-order valence-electron chi connectivity index (χ1n) is 15.2. The first-order chi connectivity index (χ1) is 24.1. The Morgan fingerprint density at radius 2 is 1.71 bits per heavy atom. The molecule has 1 unspecified atom stereocenters. The molecule has 0 aliphatic carbocycles. The molecule has 4 heterocycles. The van der Waals surface area contributed by atoms with Crippen LogP contribution in [0.3, 0.4) is 0 Å². The average molecular weight is 731 g/mol. The number of nitrogens with zero attached hydrogens (tertiary/aromatic N) is 5. The lowest BCUT2D eigenvalue weighted by Gasteiger charge is -2.23. The average Bonchev–Trinajstić information content (AvgIpc) is 3.78. The van der Waals surface area contributed by atoms with Crippen LogP contribution < -0.4 is 9.61 Å². The molecule has 51 heavy (non-hydrogen) atoms. The number of hydrogen-bond donors (Lipinski definition) is 1. The minimum absolute atomic E-state index is 0.000482. The maximum absolute atomic E-state index is 14.8. The number of para-hydroxylation sites is 1. The van der Waals surface area contributed by atoms with Gasteiger partial charge in [0.25, 0.3) is 5.89 Å². The summed E-state index contributed by atoms with van der Waals surface area (Å²) in [6, 6.07) is 16.7. The number of rotatable bonds is 12. The van der Waals surface area contributed by atoms with Gasteiger partial charge in [0.05, 0.1) is 12.7 Å². The second kappa shape index (κ2) is 13.8. The van der Waals surface area contributed by atoms with E-state index in [-0.39, 0.29) is 51.7 Å². The Bertz CT molecular complexity index is 2210. The van der Waals surface area contributed by atoms with Crippen molar-refractivity contribution in [2.45, 2.75) is 51.6 Å². The number of hydrogen-bond acceptors (Lipinski definition) is 10. The molecule has 0 saturated carbocycles. The third-order valence-corrected chi connectivity index (χ3v) is 8.97. The van der Waals surface area contributed by atoms with E-state index in [1.807, 2.05) is 0 Å². The van der Waals surface area contributed by atoms with Crippen LogP contribution in [-0.4, -0.2) is 48.9 Å². The zero-order chi connectivity index (χ0) is 36.6. The molecule has 0 bridgehead atoms. The normalized spacial score (nSPS) is 14.1. The molecule has 0 spiro atoms. The third-order valence-electron chi connectivity index (χ3n) is 7.35. The summed E-state index contributed by atoms with van der Waals surface area (Å²) >= 11 is 0. The molecule has 18 heteroatoms. The Morgan fingerprint density at radius 3 is 2.35 bits per heavy atom. The summed E-state index contributed by atoms with van der Waals surface area (Å²) in [5.41, 5.74) is -0.736. The third kappa shape index (κ3) is 7.60. The van der Waals surface area contributed by atoms with Gasteiger partial charge >= 0.3 is 25.8 Å². The minimum Gasteiger partial charge on any atom is -0.462 e. The van der Waals surface area contributed by atoms with E-state index < -0.39 is 43.7 Å². The molecule has 266 valence electrons. The first-order valence-corrected chi connectivity index (χ1v) is 16.8. The topological polar surface area (TPSA) is 143 Å². The van der Waals surface area contributed by atoms with Gasteiger partial charge in [-0.1, -0.05) is 42.5 Å². The highest BCUT2D eigenvalue weighted by atomic mass is 31.2. The Morgan fingerprint density at radius 1 is 0.980 bits per heavy atom. The SMILES string of the molecule is CC(C)OC(=O)C(C)N[P@@](=O)(OCc1ccc(-c2cc(C(F)(F)C(F)(F)F)nc3c2ccc2nc(-c4nnco4)cn23)cc1)Oc1ccccc1.